The van der Waals surface area contributed by atoms with Crippen molar-refractivity contribution in [3.63, 3.8) is 0 Å². The van der Waals surface area contributed by atoms with E-state index in [2.05, 4.69) is 9.97 Å². The lowest BCUT2D eigenvalue weighted by Crippen LogP contribution is -2.49. The number of hydrogen-bond donors (Lipinski definition) is 0. The second-order valence-corrected chi connectivity index (χ2v) is 6.56. The molecule has 0 radical (unpaired) electrons. The first-order chi connectivity index (χ1) is 14.5. The van der Waals surface area contributed by atoms with Gasteiger partial charge in [0.25, 0.3) is 0 Å². The van der Waals surface area contributed by atoms with E-state index in [-0.39, 0.29) is 36.3 Å². The molecule has 8 nitrogen and oxygen atoms in total. The van der Waals surface area contributed by atoms with Gasteiger partial charge in [-0.3, -0.25) is 9.59 Å². The number of benzene rings is 1. The molecule has 0 atom stereocenters. The van der Waals surface area contributed by atoms with Crippen LogP contribution >= 0.6 is 0 Å². The predicted octanol–water partition coefficient (Wildman–Crippen LogP) is 2.54. The smallest absolute Gasteiger partial charge is 0.306 e. The van der Waals surface area contributed by atoms with Crippen LogP contribution in [0.2, 0.25) is 0 Å². The lowest BCUT2D eigenvalue weighted by atomic mass is 10.2. The average molecular weight is 420 g/mol. The summed E-state index contributed by atoms with van der Waals surface area (Å²) >= 11 is 0. The van der Waals surface area contributed by atoms with Crippen molar-refractivity contribution in [2.24, 2.45) is 0 Å². The summed E-state index contributed by atoms with van der Waals surface area (Å²) in [6.45, 7) is 4.05. The molecule has 1 aromatic carbocycles. The van der Waals surface area contributed by atoms with Crippen LogP contribution in [-0.4, -0.2) is 59.5 Å². The Morgan fingerprint density at radius 3 is 2.53 bits per heavy atom. The molecule has 10 heteroatoms. The lowest BCUT2D eigenvalue weighted by molar-refractivity contribution is -0.145. The van der Waals surface area contributed by atoms with E-state index in [0.717, 1.165) is 12.1 Å². The summed E-state index contributed by atoms with van der Waals surface area (Å²) in [7, 11) is 0. The molecule has 2 aromatic rings. The van der Waals surface area contributed by atoms with Gasteiger partial charge in [-0.15, -0.1) is 0 Å². The molecule has 0 N–H and O–H groups in total. The largest absolute Gasteiger partial charge is 0.466 e. The van der Waals surface area contributed by atoms with Crippen molar-refractivity contribution in [3.8, 4) is 11.6 Å². The molecule has 1 aliphatic rings. The highest BCUT2D eigenvalue weighted by atomic mass is 19.1. The molecule has 0 spiro atoms. The normalized spacial score (nSPS) is 13.8. The second kappa shape index (κ2) is 9.95. The van der Waals surface area contributed by atoms with Crippen LogP contribution in [-0.2, 0) is 14.3 Å². The SMILES string of the molecule is CCOC(=O)CCC(=O)N1CCN(c2cc(Oc3ccc(F)cc3F)ncn2)CC1. The standard InChI is InChI=1S/C20H22F2N4O4/c1-2-29-20(28)6-5-19(27)26-9-7-25(8-10-26)17-12-18(24-13-23-17)30-16-4-3-14(21)11-15(16)22/h3-4,11-13H,2,5-10H2,1H3. The molecule has 30 heavy (non-hydrogen) atoms. The zero-order chi connectivity index (χ0) is 21.5. The maximum Gasteiger partial charge on any atom is 0.306 e. The van der Waals surface area contributed by atoms with E-state index in [1.54, 1.807) is 17.9 Å². The Bertz CT molecular complexity index is 904. The molecular formula is C20H22F2N4O4. The Balaban J connectivity index is 1.55. The first kappa shape index (κ1) is 21.4. The number of carbonyl (C=O) groups is 2. The fourth-order valence-corrected chi connectivity index (χ4v) is 3.01. The van der Waals surface area contributed by atoms with Crippen LogP contribution in [0.5, 0.6) is 11.6 Å². The Morgan fingerprint density at radius 2 is 1.83 bits per heavy atom. The van der Waals surface area contributed by atoms with E-state index in [1.165, 1.54) is 12.4 Å². The monoisotopic (exact) mass is 420 g/mol. The highest BCUT2D eigenvalue weighted by Gasteiger charge is 2.23. The molecule has 0 aliphatic carbocycles. The first-order valence-corrected chi connectivity index (χ1v) is 9.59. The molecule has 160 valence electrons. The highest BCUT2D eigenvalue weighted by Crippen LogP contribution is 2.25. The quantitative estimate of drug-likeness (QED) is 0.637. The number of nitrogens with zero attached hydrogens (tertiary/aromatic N) is 4. The van der Waals surface area contributed by atoms with E-state index >= 15 is 0 Å². The van der Waals surface area contributed by atoms with Crippen molar-refractivity contribution < 1.29 is 27.8 Å². The van der Waals surface area contributed by atoms with E-state index in [0.29, 0.717) is 38.6 Å². The van der Waals surface area contributed by atoms with Crippen molar-refractivity contribution in [1.82, 2.24) is 14.9 Å². The number of anilines is 1. The number of halogens is 2. The van der Waals surface area contributed by atoms with E-state index in [4.69, 9.17) is 9.47 Å². The highest BCUT2D eigenvalue weighted by molar-refractivity contribution is 5.81. The number of aromatic nitrogens is 2. The lowest BCUT2D eigenvalue weighted by Gasteiger charge is -2.35. The molecular weight excluding hydrogens is 398 g/mol. The van der Waals surface area contributed by atoms with Gasteiger partial charge >= 0.3 is 5.97 Å². The number of ether oxygens (including phenoxy) is 2. The van der Waals surface area contributed by atoms with E-state index < -0.39 is 11.6 Å². The molecule has 3 rings (SSSR count). The summed E-state index contributed by atoms with van der Waals surface area (Å²) in [6, 6.07) is 4.57. The van der Waals surface area contributed by atoms with Crippen molar-refractivity contribution >= 4 is 17.7 Å². The number of hydrogen-bond acceptors (Lipinski definition) is 7. The zero-order valence-corrected chi connectivity index (χ0v) is 16.5. The van der Waals surface area contributed by atoms with E-state index in [1.807, 2.05) is 4.90 Å². The van der Waals surface area contributed by atoms with Gasteiger partial charge in [0, 0.05) is 44.7 Å². The number of amides is 1. The molecule has 2 heterocycles. The summed E-state index contributed by atoms with van der Waals surface area (Å²) in [4.78, 5) is 35.5. The minimum Gasteiger partial charge on any atom is -0.466 e. The van der Waals surface area contributed by atoms with Crippen molar-refractivity contribution in [2.75, 3.05) is 37.7 Å². The van der Waals surface area contributed by atoms with Gasteiger partial charge in [-0.05, 0) is 19.1 Å². The van der Waals surface area contributed by atoms with Gasteiger partial charge in [0.2, 0.25) is 11.8 Å². The van der Waals surface area contributed by atoms with Gasteiger partial charge in [-0.2, -0.15) is 0 Å². The third-order valence-electron chi connectivity index (χ3n) is 4.54. The number of rotatable bonds is 7. The molecule has 1 aromatic heterocycles. The fraction of sp³-hybridized carbons (Fsp3) is 0.400. The Hall–Kier alpha value is -3.30. The Labute approximate surface area is 172 Å². The summed E-state index contributed by atoms with van der Waals surface area (Å²) in [5.74, 6) is -1.45. The summed E-state index contributed by atoms with van der Waals surface area (Å²) in [5.41, 5.74) is 0. The van der Waals surface area contributed by atoms with Crippen LogP contribution in [0.4, 0.5) is 14.6 Å². The molecule has 0 saturated carbocycles. The van der Waals surface area contributed by atoms with Gasteiger partial charge in [0.1, 0.15) is 18.0 Å². The molecule has 1 aliphatic heterocycles. The maximum absolute atomic E-state index is 13.8. The minimum absolute atomic E-state index is 0.0689. The van der Waals surface area contributed by atoms with Crippen LogP contribution in [0.1, 0.15) is 19.8 Å². The van der Waals surface area contributed by atoms with Gasteiger partial charge in [0.15, 0.2) is 11.6 Å². The van der Waals surface area contributed by atoms with Crippen LogP contribution < -0.4 is 9.64 Å². The molecule has 1 fully saturated rings. The van der Waals surface area contributed by atoms with Crippen LogP contribution in [0.3, 0.4) is 0 Å². The zero-order valence-electron chi connectivity index (χ0n) is 16.5. The van der Waals surface area contributed by atoms with Gasteiger partial charge in [0.05, 0.1) is 13.0 Å². The number of esters is 1. The third-order valence-corrected chi connectivity index (χ3v) is 4.54. The predicted molar refractivity (Wildman–Crippen MR) is 103 cm³/mol. The Morgan fingerprint density at radius 1 is 1.07 bits per heavy atom. The van der Waals surface area contributed by atoms with E-state index in [9.17, 15) is 18.4 Å². The Kier molecular flexibility index (Phi) is 7.10. The molecule has 0 bridgehead atoms. The number of piperazine rings is 1. The average Bonchev–Trinajstić information content (AvgIpc) is 2.74. The van der Waals surface area contributed by atoms with Gasteiger partial charge in [-0.1, -0.05) is 0 Å². The van der Waals surface area contributed by atoms with Crippen LogP contribution in [0.15, 0.2) is 30.6 Å². The molecule has 1 amide bonds. The van der Waals surface area contributed by atoms with Crippen molar-refractivity contribution in [3.05, 3.63) is 42.2 Å². The van der Waals surface area contributed by atoms with Crippen LogP contribution in [0.25, 0.3) is 0 Å². The summed E-state index contributed by atoms with van der Waals surface area (Å²) in [6.07, 6.45) is 1.48. The summed E-state index contributed by atoms with van der Waals surface area (Å²) in [5, 5.41) is 0. The van der Waals surface area contributed by atoms with Crippen molar-refractivity contribution in [1.29, 1.82) is 0 Å². The van der Waals surface area contributed by atoms with Crippen molar-refractivity contribution in [2.45, 2.75) is 19.8 Å². The van der Waals surface area contributed by atoms with Crippen LogP contribution in [0, 0.1) is 11.6 Å². The molecule has 0 unspecified atom stereocenters. The van der Waals surface area contributed by atoms with Gasteiger partial charge < -0.3 is 19.3 Å². The maximum atomic E-state index is 13.8. The molecule has 1 saturated heterocycles. The second-order valence-electron chi connectivity index (χ2n) is 6.56. The third kappa shape index (κ3) is 5.62. The van der Waals surface area contributed by atoms with Gasteiger partial charge in [-0.25, -0.2) is 18.7 Å². The summed E-state index contributed by atoms with van der Waals surface area (Å²) < 4.78 is 37.0. The fourth-order valence-electron chi connectivity index (χ4n) is 3.01. The number of carbonyl (C=O) groups excluding carboxylic acids is 2. The first-order valence-electron chi connectivity index (χ1n) is 9.59. The topological polar surface area (TPSA) is 84.9 Å². The minimum atomic E-state index is -0.829.